The lowest BCUT2D eigenvalue weighted by atomic mass is 10.0. The van der Waals surface area contributed by atoms with E-state index >= 15 is 0 Å². The van der Waals surface area contributed by atoms with Crippen LogP contribution in [-0.2, 0) is 11.0 Å². The molecule has 1 saturated heterocycles. The molecule has 1 fully saturated rings. The van der Waals surface area contributed by atoms with Gasteiger partial charge in [-0.15, -0.1) is 0 Å². The zero-order chi connectivity index (χ0) is 24.3. The van der Waals surface area contributed by atoms with Gasteiger partial charge in [0.15, 0.2) is 0 Å². The van der Waals surface area contributed by atoms with Gasteiger partial charge in [-0.05, 0) is 71.8 Å². The molecule has 2 aromatic carbocycles. The van der Waals surface area contributed by atoms with Crippen molar-refractivity contribution in [2.45, 2.75) is 25.1 Å². The lowest BCUT2D eigenvalue weighted by molar-refractivity contribution is -0.137. The molecule has 176 valence electrons. The molecule has 1 atom stereocenters. The molecule has 1 heterocycles. The fraction of sp³-hybridized carbons (Fsp3) is 0.286. The number of halogens is 4. The third-order valence-corrected chi connectivity index (χ3v) is 5.67. The highest BCUT2D eigenvalue weighted by atomic mass is 127. The molecule has 0 aliphatic carbocycles. The number of amides is 3. The summed E-state index contributed by atoms with van der Waals surface area (Å²) < 4.78 is 46.6. The van der Waals surface area contributed by atoms with Crippen molar-refractivity contribution in [2.24, 2.45) is 0 Å². The number of nitrogens with zero attached hydrogens (tertiary/aromatic N) is 1. The van der Waals surface area contributed by atoms with Crippen LogP contribution in [0.2, 0.25) is 0 Å². The summed E-state index contributed by atoms with van der Waals surface area (Å²) in [7, 11) is 1.46. The molecule has 2 aromatic rings. The maximum atomic E-state index is 13.8. The summed E-state index contributed by atoms with van der Waals surface area (Å²) >= 11 is 1.65. The van der Waals surface area contributed by atoms with Gasteiger partial charge >= 0.3 is 12.3 Å². The molecule has 0 bridgehead atoms. The quantitative estimate of drug-likeness (QED) is 0.449. The van der Waals surface area contributed by atoms with Crippen LogP contribution in [0.5, 0.6) is 5.75 Å². The minimum absolute atomic E-state index is 0.0943. The number of nitrogens with one attached hydrogen (secondary N) is 2. The third kappa shape index (κ3) is 5.67. The van der Waals surface area contributed by atoms with E-state index in [0.717, 1.165) is 11.0 Å². The average Bonchev–Trinajstić information content (AvgIpc) is 3.25. The SMILES string of the molecule is COc1ccc(NC(=O)c2cc(I)cc(C(F)(F)F)c2NC(=O)C2CCCN2C(=O)O)cc1. The standard InChI is InChI=1S/C21H19F3IN3O5/c1-33-13-6-4-12(5-7-13)26-18(29)14-9-11(25)10-15(21(22,23)24)17(14)27-19(30)16-3-2-8-28(16)20(31)32/h4-7,9-10,16H,2-3,8H2,1H3,(H,26,29)(H,27,30)(H,31,32). The number of alkyl halides is 3. The summed E-state index contributed by atoms with van der Waals surface area (Å²) in [5.74, 6) is -1.28. The first-order chi connectivity index (χ1) is 15.5. The molecule has 1 aliphatic heterocycles. The van der Waals surface area contributed by atoms with Crippen molar-refractivity contribution in [3.05, 3.63) is 51.1 Å². The summed E-state index contributed by atoms with van der Waals surface area (Å²) in [4.78, 5) is 37.9. The highest BCUT2D eigenvalue weighted by molar-refractivity contribution is 14.1. The number of ether oxygens (including phenoxy) is 1. The summed E-state index contributed by atoms with van der Waals surface area (Å²) in [6, 6.07) is 7.02. The van der Waals surface area contributed by atoms with Crippen molar-refractivity contribution in [3.8, 4) is 5.75 Å². The number of rotatable bonds is 5. The molecule has 33 heavy (non-hydrogen) atoms. The lowest BCUT2D eigenvalue weighted by Gasteiger charge is -2.23. The molecular weight excluding hydrogens is 558 g/mol. The van der Waals surface area contributed by atoms with Crippen molar-refractivity contribution in [1.82, 2.24) is 4.90 Å². The lowest BCUT2D eigenvalue weighted by Crippen LogP contribution is -2.43. The van der Waals surface area contributed by atoms with Crippen LogP contribution in [0.25, 0.3) is 0 Å². The molecule has 3 amide bonds. The van der Waals surface area contributed by atoms with E-state index in [9.17, 15) is 32.7 Å². The Morgan fingerprint density at radius 2 is 1.82 bits per heavy atom. The van der Waals surface area contributed by atoms with Gasteiger partial charge in [-0.25, -0.2) is 4.79 Å². The normalized spacial score (nSPS) is 15.8. The Labute approximate surface area is 200 Å². The number of carbonyl (C=O) groups is 3. The number of carbonyl (C=O) groups excluding carboxylic acids is 2. The Morgan fingerprint density at radius 3 is 2.39 bits per heavy atom. The number of carboxylic acid groups (broad SMARTS) is 1. The second-order valence-electron chi connectivity index (χ2n) is 7.18. The zero-order valence-electron chi connectivity index (χ0n) is 17.2. The van der Waals surface area contributed by atoms with Gasteiger partial charge in [0.25, 0.3) is 5.91 Å². The summed E-state index contributed by atoms with van der Waals surface area (Å²) in [6.45, 7) is 0.0943. The van der Waals surface area contributed by atoms with Crippen molar-refractivity contribution >= 4 is 51.9 Å². The Hall–Kier alpha value is -3.03. The Kier molecular flexibility index (Phi) is 7.34. The number of likely N-dealkylation sites (tertiary alicyclic amines) is 1. The van der Waals surface area contributed by atoms with Crippen LogP contribution >= 0.6 is 22.6 Å². The van der Waals surface area contributed by atoms with E-state index in [-0.39, 0.29) is 16.5 Å². The number of hydrogen-bond acceptors (Lipinski definition) is 4. The van der Waals surface area contributed by atoms with E-state index in [4.69, 9.17) is 4.74 Å². The highest BCUT2D eigenvalue weighted by Gasteiger charge is 2.39. The van der Waals surface area contributed by atoms with E-state index in [2.05, 4.69) is 10.6 Å². The number of methoxy groups -OCH3 is 1. The number of anilines is 2. The van der Waals surface area contributed by atoms with Crippen LogP contribution < -0.4 is 15.4 Å². The molecule has 0 spiro atoms. The van der Waals surface area contributed by atoms with Crippen LogP contribution in [0, 0.1) is 3.57 Å². The summed E-state index contributed by atoms with van der Waals surface area (Å²) in [6.07, 6.45) is -5.66. The topological polar surface area (TPSA) is 108 Å². The van der Waals surface area contributed by atoms with E-state index in [0.29, 0.717) is 17.9 Å². The van der Waals surface area contributed by atoms with Gasteiger partial charge in [0.05, 0.1) is 23.9 Å². The first-order valence-corrected chi connectivity index (χ1v) is 10.8. The minimum Gasteiger partial charge on any atom is -0.497 e. The molecule has 0 radical (unpaired) electrons. The molecule has 3 N–H and O–H groups in total. The number of hydrogen-bond donors (Lipinski definition) is 3. The fourth-order valence-electron chi connectivity index (χ4n) is 3.49. The van der Waals surface area contributed by atoms with Gasteiger partial charge < -0.3 is 20.5 Å². The third-order valence-electron chi connectivity index (χ3n) is 5.05. The van der Waals surface area contributed by atoms with E-state index in [1.807, 2.05) is 0 Å². The average molecular weight is 577 g/mol. The Balaban J connectivity index is 1.98. The van der Waals surface area contributed by atoms with Crippen LogP contribution in [0.15, 0.2) is 36.4 Å². The van der Waals surface area contributed by atoms with E-state index in [1.54, 1.807) is 34.7 Å². The summed E-state index contributed by atoms with van der Waals surface area (Å²) in [5, 5.41) is 13.9. The second-order valence-corrected chi connectivity index (χ2v) is 8.43. The highest BCUT2D eigenvalue weighted by Crippen LogP contribution is 2.39. The molecule has 8 nitrogen and oxygen atoms in total. The maximum Gasteiger partial charge on any atom is 0.418 e. The largest absolute Gasteiger partial charge is 0.497 e. The molecule has 3 rings (SSSR count). The molecular formula is C21H19F3IN3O5. The van der Waals surface area contributed by atoms with Gasteiger partial charge in [0.2, 0.25) is 5.91 Å². The molecule has 0 saturated carbocycles. The van der Waals surface area contributed by atoms with Gasteiger partial charge in [0.1, 0.15) is 11.8 Å². The van der Waals surface area contributed by atoms with Gasteiger partial charge in [0, 0.05) is 15.8 Å². The minimum atomic E-state index is -4.87. The molecule has 12 heteroatoms. The van der Waals surface area contributed by atoms with Crippen LogP contribution in [0.1, 0.15) is 28.8 Å². The van der Waals surface area contributed by atoms with Crippen molar-refractivity contribution in [1.29, 1.82) is 0 Å². The Bertz CT molecular complexity index is 1080. The van der Waals surface area contributed by atoms with Gasteiger partial charge in [-0.3, -0.25) is 14.5 Å². The van der Waals surface area contributed by atoms with E-state index < -0.39 is 46.9 Å². The first kappa shape index (κ1) is 24.6. The summed E-state index contributed by atoms with van der Waals surface area (Å²) in [5.41, 5.74) is -2.03. The van der Waals surface area contributed by atoms with Crippen LogP contribution in [-0.4, -0.2) is 47.6 Å². The van der Waals surface area contributed by atoms with E-state index in [1.165, 1.54) is 25.3 Å². The molecule has 1 aliphatic rings. The number of benzene rings is 2. The molecule has 0 aromatic heterocycles. The molecule has 1 unspecified atom stereocenters. The van der Waals surface area contributed by atoms with Crippen molar-refractivity contribution in [2.75, 3.05) is 24.3 Å². The van der Waals surface area contributed by atoms with Crippen molar-refractivity contribution < 1.29 is 37.4 Å². The van der Waals surface area contributed by atoms with Crippen molar-refractivity contribution in [3.63, 3.8) is 0 Å². The predicted octanol–water partition coefficient (Wildman–Crippen LogP) is 4.65. The first-order valence-electron chi connectivity index (χ1n) is 9.68. The second kappa shape index (κ2) is 9.85. The van der Waals surface area contributed by atoms with Gasteiger partial charge in [-0.1, -0.05) is 0 Å². The van der Waals surface area contributed by atoms with Crippen LogP contribution in [0.3, 0.4) is 0 Å². The fourth-order valence-corrected chi connectivity index (χ4v) is 4.11. The monoisotopic (exact) mass is 577 g/mol. The van der Waals surface area contributed by atoms with Gasteiger partial charge in [-0.2, -0.15) is 13.2 Å². The van der Waals surface area contributed by atoms with Crippen LogP contribution in [0.4, 0.5) is 29.3 Å². The Morgan fingerprint density at radius 1 is 1.15 bits per heavy atom. The predicted molar refractivity (Wildman–Crippen MR) is 121 cm³/mol. The maximum absolute atomic E-state index is 13.8. The zero-order valence-corrected chi connectivity index (χ0v) is 19.4. The smallest absolute Gasteiger partial charge is 0.418 e.